The van der Waals surface area contributed by atoms with Crippen LogP contribution in [0.25, 0.3) is 22.3 Å². The van der Waals surface area contributed by atoms with Gasteiger partial charge in [0.05, 0.1) is 11.9 Å². The summed E-state index contributed by atoms with van der Waals surface area (Å²) in [6.45, 7) is 0. The summed E-state index contributed by atoms with van der Waals surface area (Å²) in [4.78, 5) is 35.1. The van der Waals surface area contributed by atoms with E-state index in [-0.39, 0.29) is 5.82 Å². The van der Waals surface area contributed by atoms with Crippen molar-refractivity contribution in [3.05, 3.63) is 48.8 Å². The Labute approximate surface area is 142 Å². The summed E-state index contributed by atoms with van der Waals surface area (Å²) in [5.41, 5.74) is 1.28. The van der Waals surface area contributed by atoms with Gasteiger partial charge in [-0.15, -0.1) is 0 Å². The van der Waals surface area contributed by atoms with Gasteiger partial charge in [-0.3, -0.25) is 9.78 Å². The smallest absolute Gasteiger partial charge is 0.326 e. The van der Waals surface area contributed by atoms with Crippen molar-refractivity contribution in [1.29, 1.82) is 0 Å². The molecule has 0 radical (unpaired) electrons. The molecule has 8 nitrogen and oxygen atoms in total. The SMILES string of the molecule is O=C(O)CC(Nc1nc(-c2cccnc2)nc2ccccc12)C(=O)O. The van der Waals surface area contributed by atoms with Crippen molar-refractivity contribution in [3.63, 3.8) is 0 Å². The standard InChI is InChI=1S/C17H14N4O4/c22-14(23)8-13(17(24)25)20-16-11-5-1-2-6-12(11)19-15(21-16)10-4-3-7-18-9-10/h1-7,9,13H,8H2,(H,22,23)(H,24,25)(H,19,20,21). The fourth-order valence-corrected chi connectivity index (χ4v) is 2.35. The molecular weight excluding hydrogens is 324 g/mol. The van der Waals surface area contributed by atoms with Gasteiger partial charge >= 0.3 is 11.9 Å². The van der Waals surface area contributed by atoms with Crippen molar-refractivity contribution in [3.8, 4) is 11.4 Å². The molecule has 0 aliphatic heterocycles. The lowest BCUT2D eigenvalue weighted by Crippen LogP contribution is -2.32. The normalized spacial score (nSPS) is 11.8. The zero-order chi connectivity index (χ0) is 17.8. The fraction of sp³-hybridized carbons (Fsp3) is 0.118. The molecule has 0 saturated heterocycles. The van der Waals surface area contributed by atoms with Gasteiger partial charge in [0.1, 0.15) is 11.9 Å². The average molecular weight is 338 g/mol. The lowest BCUT2D eigenvalue weighted by atomic mass is 10.1. The molecule has 3 aromatic rings. The second-order valence-electron chi connectivity index (χ2n) is 5.29. The summed E-state index contributed by atoms with van der Waals surface area (Å²) in [6, 6.07) is 9.31. The number of anilines is 1. The van der Waals surface area contributed by atoms with Crippen LogP contribution in [0.5, 0.6) is 0 Å². The third kappa shape index (κ3) is 3.69. The molecule has 8 heteroatoms. The number of para-hydroxylation sites is 1. The molecular formula is C17H14N4O4. The van der Waals surface area contributed by atoms with Gasteiger partial charge in [0.15, 0.2) is 5.82 Å². The van der Waals surface area contributed by atoms with Gasteiger partial charge < -0.3 is 15.5 Å². The quantitative estimate of drug-likeness (QED) is 0.623. The molecule has 0 bridgehead atoms. The van der Waals surface area contributed by atoms with Gasteiger partial charge in [-0.25, -0.2) is 14.8 Å². The zero-order valence-corrected chi connectivity index (χ0v) is 13.0. The molecule has 1 atom stereocenters. The molecule has 1 unspecified atom stereocenters. The molecule has 1 aromatic carbocycles. The number of nitrogens with zero attached hydrogens (tertiary/aromatic N) is 3. The van der Waals surface area contributed by atoms with E-state index >= 15 is 0 Å². The Hall–Kier alpha value is -3.55. The van der Waals surface area contributed by atoms with Crippen molar-refractivity contribution in [2.75, 3.05) is 5.32 Å². The van der Waals surface area contributed by atoms with Crippen LogP contribution in [0.4, 0.5) is 5.82 Å². The topological polar surface area (TPSA) is 125 Å². The summed E-state index contributed by atoms with van der Waals surface area (Å²) >= 11 is 0. The molecule has 0 saturated carbocycles. The van der Waals surface area contributed by atoms with Crippen molar-refractivity contribution in [1.82, 2.24) is 15.0 Å². The van der Waals surface area contributed by atoms with Gasteiger partial charge in [-0.2, -0.15) is 0 Å². The van der Waals surface area contributed by atoms with E-state index in [0.29, 0.717) is 22.3 Å². The maximum Gasteiger partial charge on any atom is 0.326 e. The first kappa shape index (κ1) is 16.3. The monoisotopic (exact) mass is 338 g/mol. The number of aliphatic carboxylic acids is 2. The van der Waals surface area contributed by atoms with Gasteiger partial charge in [-0.1, -0.05) is 12.1 Å². The summed E-state index contributed by atoms with van der Waals surface area (Å²) < 4.78 is 0. The molecule has 0 spiro atoms. The third-order valence-electron chi connectivity index (χ3n) is 3.51. The van der Waals surface area contributed by atoms with E-state index in [9.17, 15) is 14.7 Å². The Bertz CT molecular complexity index is 930. The number of hydrogen-bond acceptors (Lipinski definition) is 6. The minimum absolute atomic E-state index is 0.262. The number of hydrogen-bond donors (Lipinski definition) is 3. The van der Waals surface area contributed by atoms with Gasteiger partial charge in [0.2, 0.25) is 0 Å². The Morgan fingerprint density at radius 3 is 2.56 bits per heavy atom. The van der Waals surface area contributed by atoms with E-state index in [1.54, 1.807) is 48.8 Å². The Balaban J connectivity index is 2.09. The van der Waals surface area contributed by atoms with E-state index < -0.39 is 24.4 Å². The van der Waals surface area contributed by atoms with Crippen LogP contribution in [-0.2, 0) is 9.59 Å². The molecule has 0 amide bonds. The van der Waals surface area contributed by atoms with Crippen LogP contribution in [0.15, 0.2) is 48.8 Å². The lowest BCUT2D eigenvalue weighted by Gasteiger charge is -2.15. The van der Waals surface area contributed by atoms with E-state index in [1.165, 1.54) is 0 Å². The third-order valence-corrected chi connectivity index (χ3v) is 3.51. The van der Waals surface area contributed by atoms with Crippen LogP contribution in [0.2, 0.25) is 0 Å². The molecule has 126 valence electrons. The minimum atomic E-state index is -1.31. The van der Waals surface area contributed by atoms with Crippen molar-refractivity contribution >= 4 is 28.7 Å². The molecule has 0 fully saturated rings. The van der Waals surface area contributed by atoms with E-state index in [4.69, 9.17) is 5.11 Å². The summed E-state index contributed by atoms with van der Waals surface area (Å²) in [5, 5.41) is 21.5. The predicted octanol–water partition coefficient (Wildman–Crippen LogP) is 2.03. The van der Waals surface area contributed by atoms with E-state index in [0.717, 1.165) is 0 Å². The van der Waals surface area contributed by atoms with Crippen molar-refractivity contribution < 1.29 is 19.8 Å². The van der Waals surface area contributed by atoms with E-state index in [1.807, 2.05) is 0 Å². The van der Waals surface area contributed by atoms with E-state index in [2.05, 4.69) is 20.3 Å². The highest BCUT2D eigenvalue weighted by molar-refractivity contribution is 5.93. The molecule has 2 aromatic heterocycles. The van der Waals surface area contributed by atoms with Crippen molar-refractivity contribution in [2.24, 2.45) is 0 Å². The first-order valence-corrected chi connectivity index (χ1v) is 7.43. The van der Waals surface area contributed by atoms with Crippen LogP contribution >= 0.6 is 0 Å². The number of carbonyl (C=O) groups is 2. The highest BCUT2D eigenvalue weighted by Crippen LogP contribution is 2.25. The summed E-state index contributed by atoms with van der Waals surface area (Å²) in [5.74, 6) is -1.86. The number of fused-ring (bicyclic) bond motifs is 1. The second kappa shape index (κ2) is 6.91. The first-order chi connectivity index (χ1) is 12.0. The van der Waals surface area contributed by atoms with Gasteiger partial charge in [0, 0.05) is 23.3 Å². The molecule has 0 aliphatic rings. The largest absolute Gasteiger partial charge is 0.481 e. The maximum atomic E-state index is 11.4. The average Bonchev–Trinajstić information content (AvgIpc) is 2.61. The number of pyridine rings is 1. The molecule has 3 rings (SSSR count). The van der Waals surface area contributed by atoms with Gasteiger partial charge in [-0.05, 0) is 24.3 Å². The van der Waals surface area contributed by atoms with Crippen LogP contribution in [-0.4, -0.2) is 43.1 Å². The number of aromatic nitrogens is 3. The maximum absolute atomic E-state index is 11.4. The molecule has 25 heavy (non-hydrogen) atoms. The molecule has 2 heterocycles. The van der Waals surface area contributed by atoms with Crippen LogP contribution in [0.1, 0.15) is 6.42 Å². The Morgan fingerprint density at radius 2 is 1.88 bits per heavy atom. The van der Waals surface area contributed by atoms with Crippen LogP contribution in [0, 0.1) is 0 Å². The van der Waals surface area contributed by atoms with Crippen LogP contribution in [0.3, 0.4) is 0 Å². The molecule has 0 aliphatic carbocycles. The number of carboxylic acids is 2. The summed E-state index contributed by atoms with van der Waals surface area (Å²) in [6.07, 6.45) is 2.65. The lowest BCUT2D eigenvalue weighted by molar-refractivity contribution is -0.144. The highest BCUT2D eigenvalue weighted by atomic mass is 16.4. The first-order valence-electron chi connectivity index (χ1n) is 7.43. The Kier molecular flexibility index (Phi) is 4.51. The number of rotatable bonds is 6. The fourth-order valence-electron chi connectivity index (χ4n) is 2.35. The summed E-state index contributed by atoms with van der Waals surface area (Å²) in [7, 11) is 0. The number of nitrogens with one attached hydrogen (secondary N) is 1. The Morgan fingerprint density at radius 1 is 1.08 bits per heavy atom. The minimum Gasteiger partial charge on any atom is -0.481 e. The van der Waals surface area contributed by atoms with Gasteiger partial charge in [0.25, 0.3) is 0 Å². The second-order valence-corrected chi connectivity index (χ2v) is 5.29. The highest BCUT2D eigenvalue weighted by Gasteiger charge is 2.22. The number of carboxylic acid groups (broad SMARTS) is 2. The van der Waals surface area contributed by atoms with Crippen molar-refractivity contribution in [2.45, 2.75) is 12.5 Å². The number of benzene rings is 1. The zero-order valence-electron chi connectivity index (χ0n) is 13.0. The van der Waals surface area contributed by atoms with Crippen LogP contribution < -0.4 is 5.32 Å². The molecule has 3 N–H and O–H groups in total. The predicted molar refractivity (Wildman–Crippen MR) is 90.1 cm³/mol.